The lowest BCUT2D eigenvalue weighted by atomic mass is 10.1. The van der Waals surface area contributed by atoms with Crippen molar-refractivity contribution >= 4 is 11.7 Å². The van der Waals surface area contributed by atoms with E-state index < -0.39 is 19.0 Å². The first-order chi connectivity index (χ1) is 7.00. The van der Waals surface area contributed by atoms with Crippen LogP contribution in [0.4, 0.5) is 14.5 Å². The standard InChI is InChI=1S/C10H11F2NO2/c1-6-2-3-7(4-8(6)13)10(14)15-5-9(11)12/h2-4,9H,5,13H2,1H3. The molecule has 1 aromatic rings. The molecule has 0 aromatic heterocycles. The molecule has 0 bridgehead atoms. The molecule has 0 amide bonds. The minimum absolute atomic E-state index is 0.179. The maximum Gasteiger partial charge on any atom is 0.338 e. The van der Waals surface area contributed by atoms with E-state index >= 15 is 0 Å². The number of nitrogens with two attached hydrogens (primary N) is 1. The summed E-state index contributed by atoms with van der Waals surface area (Å²) in [6, 6.07) is 4.52. The summed E-state index contributed by atoms with van der Waals surface area (Å²) in [7, 11) is 0. The van der Waals surface area contributed by atoms with Gasteiger partial charge in [-0.05, 0) is 24.6 Å². The second kappa shape index (κ2) is 4.72. The molecular formula is C10H11F2NO2. The summed E-state index contributed by atoms with van der Waals surface area (Å²) in [5.74, 6) is -0.790. The molecule has 3 nitrogen and oxygen atoms in total. The molecule has 0 spiro atoms. The maximum atomic E-state index is 11.8. The zero-order valence-corrected chi connectivity index (χ0v) is 8.17. The van der Waals surface area contributed by atoms with Crippen molar-refractivity contribution in [3.63, 3.8) is 0 Å². The molecule has 0 atom stereocenters. The zero-order chi connectivity index (χ0) is 11.4. The van der Waals surface area contributed by atoms with Gasteiger partial charge in [0.2, 0.25) is 0 Å². The van der Waals surface area contributed by atoms with Crippen molar-refractivity contribution < 1.29 is 18.3 Å². The number of ether oxygens (including phenoxy) is 1. The quantitative estimate of drug-likeness (QED) is 0.619. The Morgan fingerprint density at radius 2 is 2.20 bits per heavy atom. The first-order valence-corrected chi connectivity index (χ1v) is 4.32. The van der Waals surface area contributed by atoms with Crippen LogP contribution in [0.3, 0.4) is 0 Å². The highest BCUT2D eigenvalue weighted by Crippen LogP contribution is 2.13. The Morgan fingerprint density at radius 3 is 2.73 bits per heavy atom. The Balaban J connectivity index is 2.70. The van der Waals surface area contributed by atoms with Crippen LogP contribution in [-0.2, 0) is 4.74 Å². The SMILES string of the molecule is Cc1ccc(C(=O)OCC(F)F)cc1N. The number of anilines is 1. The fourth-order valence-electron chi connectivity index (χ4n) is 0.989. The molecule has 0 aliphatic carbocycles. The largest absolute Gasteiger partial charge is 0.456 e. The Kier molecular flexibility index (Phi) is 3.60. The van der Waals surface area contributed by atoms with Crippen molar-refractivity contribution in [2.75, 3.05) is 12.3 Å². The van der Waals surface area contributed by atoms with Gasteiger partial charge in [-0.2, -0.15) is 0 Å². The second-order valence-corrected chi connectivity index (χ2v) is 3.06. The van der Waals surface area contributed by atoms with Crippen LogP contribution >= 0.6 is 0 Å². The number of aryl methyl sites for hydroxylation is 1. The summed E-state index contributed by atoms with van der Waals surface area (Å²) < 4.78 is 27.8. The van der Waals surface area contributed by atoms with Gasteiger partial charge in [-0.15, -0.1) is 0 Å². The highest BCUT2D eigenvalue weighted by Gasteiger charge is 2.11. The van der Waals surface area contributed by atoms with Crippen LogP contribution in [0, 0.1) is 6.92 Å². The number of halogens is 2. The van der Waals surface area contributed by atoms with Crippen LogP contribution in [0.5, 0.6) is 0 Å². The lowest BCUT2D eigenvalue weighted by Crippen LogP contribution is -2.12. The van der Waals surface area contributed by atoms with E-state index in [1.54, 1.807) is 13.0 Å². The van der Waals surface area contributed by atoms with Crippen LogP contribution in [0.1, 0.15) is 15.9 Å². The van der Waals surface area contributed by atoms with Crippen LogP contribution < -0.4 is 5.73 Å². The molecule has 0 radical (unpaired) electrons. The molecule has 2 N–H and O–H groups in total. The van der Waals surface area contributed by atoms with Gasteiger partial charge in [-0.3, -0.25) is 0 Å². The number of hydrogen-bond acceptors (Lipinski definition) is 3. The summed E-state index contributed by atoms with van der Waals surface area (Å²) in [5.41, 5.74) is 6.99. The molecule has 0 aliphatic rings. The van der Waals surface area contributed by atoms with Crippen LogP contribution in [0.2, 0.25) is 0 Å². The molecule has 82 valence electrons. The third-order valence-electron chi connectivity index (χ3n) is 1.86. The minimum atomic E-state index is -2.66. The first kappa shape index (κ1) is 11.4. The molecule has 0 saturated carbocycles. The zero-order valence-electron chi connectivity index (χ0n) is 8.17. The average Bonchev–Trinajstić information content (AvgIpc) is 2.18. The molecule has 0 heterocycles. The van der Waals surface area contributed by atoms with Gasteiger partial charge in [0, 0.05) is 5.69 Å². The molecule has 0 aliphatic heterocycles. The number of carbonyl (C=O) groups is 1. The van der Waals surface area contributed by atoms with Crippen molar-refractivity contribution in [3.05, 3.63) is 29.3 Å². The van der Waals surface area contributed by atoms with Crippen molar-refractivity contribution in [1.29, 1.82) is 0 Å². The van der Waals surface area contributed by atoms with Gasteiger partial charge in [0.05, 0.1) is 5.56 Å². The lowest BCUT2D eigenvalue weighted by Gasteiger charge is -2.05. The molecular weight excluding hydrogens is 204 g/mol. The van der Waals surface area contributed by atoms with Gasteiger partial charge >= 0.3 is 5.97 Å². The number of esters is 1. The number of carbonyl (C=O) groups excluding carboxylic acids is 1. The monoisotopic (exact) mass is 215 g/mol. The molecule has 0 saturated heterocycles. The fraction of sp³-hybridized carbons (Fsp3) is 0.300. The van der Waals surface area contributed by atoms with E-state index in [4.69, 9.17) is 5.73 Å². The van der Waals surface area contributed by atoms with Gasteiger partial charge < -0.3 is 10.5 Å². The number of nitrogen functional groups attached to an aromatic ring is 1. The van der Waals surface area contributed by atoms with Crippen LogP contribution in [0.15, 0.2) is 18.2 Å². The normalized spacial score (nSPS) is 10.4. The summed E-state index contributed by atoms with van der Waals surface area (Å²) in [4.78, 5) is 11.2. The Bertz CT molecular complexity index is 366. The molecule has 0 fully saturated rings. The Hall–Kier alpha value is -1.65. The van der Waals surface area contributed by atoms with Crippen molar-refractivity contribution in [2.24, 2.45) is 0 Å². The fourth-order valence-corrected chi connectivity index (χ4v) is 0.989. The predicted molar refractivity (Wildman–Crippen MR) is 51.9 cm³/mol. The van der Waals surface area contributed by atoms with E-state index in [0.29, 0.717) is 5.69 Å². The topological polar surface area (TPSA) is 52.3 Å². The molecule has 5 heteroatoms. The smallest absolute Gasteiger partial charge is 0.338 e. The highest BCUT2D eigenvalue weighted by molar-refractivity contribution is 5.90. The van der Waals surface area contributed by atoms with Crippen LogP contribution in [0.25, 0.3) is 0 Å². The number of alkyl halides is 2. The van der Waals surface area contributed by atoms with E-state index in [1.165, 1.54) is 12.1 Å². The van der Waals surface area contributed by atoms with Gasteiger partial charge in [-0.25, -0.2) is 13.6 Å². The third-order valence-corrected chi connectivity index (χ3v) is 1.86. The Labute approximate surface area is 85.8 Å². The first-order valence-electron chi connectivity index (χ1n) is 4.32. The summed E-state index contributed by atoms with van der Waals surface area (Å²) in [6.07, 6.45) is -2.66. The highest BCUT2D eigenvalue weighted by atomic mass is 19.3. The maximum absolute atomic E-state index is 11.8. The van der Waals surface area contributed by atoms with Gasteiger partial charge in [0.15, 0.2) is 6.61 Å². The minimum Gasteiger partial charge on any atom is -0.456 e. The summed E-state index contributed by atoms with van der Waals surface area (Å²) >= 11 is 0. The van der Waals surface area contributed by atoms with Crippen LogP contribution in [-0.4, -0.2) is 19.0 Å². The van der Waals surface area contributed by atoms with Gasteiger partial charge in [0.25, 0.3) is 6.43 Å². The molecule has 15 heavy (non-hydrogen) atoms. The molecule has 1 rings (SSSR count). The van der Waals surface area contributed by atoms with E-state index in [0.717, 1.165) is 5.56 Å². The van der Waals surface area contributed by atoms with E-state index in [2.05, 4.69) is 4.74 Å². The van der Waals surface area contributed by atoms with E-state index in [9.17, 15) is 13.6 Å². The molecule has 0 unspecified atom stereocenters. The third kappa shape index (κ3) is 3.19. The van der Waals surface area contributed by atoms with E-state index in [-0.39, 0.29) is 5.56 Å². The number of benzene rings is 1. The number of hydrogen-bond donors (Lipinski definition) is 1. The van der Waals surface area contributed by atoms with Crippen molar-refractivity contribution in [1.82, 2.24) is 0 Å². The van der Waals surface area contributed by atoms with Crippen molar-refractivity contribution in [2.45, 2.75) is 13.3 Å². The molecule has 1 aromatic carbocycles. The second-order valence-electron chi connectivity index (χ2n) is 3.06. The van der Waals surface area contributed by atoms with Gasteiger partial charge in [0.1, 0.15) is 0 Å². The van der Waals surface area contributed by atoms with Gasteiger partial charge in [-0.1, -0.05) is 6.07 Å². The number of rotatable bonds is 3. The van der Waals surface area contributed by atoms with E-state index in [1.807, 2.05) is 0 Å². The Morgan fingerprint density at radius 1 is 1.53 bits per heavy atom. The average molecular weight is 215 g/mol. The van der Waals surface area contributed by atoms with Crippen molar-refractivity contribution in [3.8, 4) is 0 Å². The summed E-state index contributed by atoms with van der Waals surface area (Å²) in [6.45, 7) is 0.885. The lowest BCUT2D eigenvalue weighted by molar-refractivity contribution is 0.0160. The summed E-state index contributed by atoms with van der Waals surface area (Å²) in [5, 5.41) is 0. The predicted octanol–water partition coefficient (Wildman–Crippen LogP) is 2.00.